The Bertz CT molecular complexity index is 781. The molecule has 0 spiro atoms. The fraction of sp³-hybridized carbons (Fsp3) is 0.353. The first kappa shape index (κ1) is 19.1. The molecule has 0 aliphatic heterocycles. The molecule has 0 atom stereocenters. The van der Waals surface area contributed by atoms with Crippen LogP contribution < -0.4 is 10.6 Å². The lowest BCUT2D eigenvalue weighted by Crippen LogP contribution is -2.13. The van der Waals surface area contributed by atoms with Crippen LogP contribution in [0.1, 0.15) is 37.0 Å². The van der Waals surface area contributed by atoms with Crippen molar-refractivity contribution in [2.75, 3.05) is 23.8 Å². The molecule has 9 nitrogen and oxygen atoms in total. The number of esters is 1. The van der Waals surface area contributed by atoms with Gasteiger partial charge in [0.25, 0.3) is 5.69 Å². The number of nitro benzene ring substituents is 1. The van der Waals surface area contributed by atoms with Crippen LogP contribution in [0, 0.1) is 10.1 Å². The number of aromatic nitrogens is 2. The Hall–Kier alpha value is -3.23. The molecular weight excluding hydrogens is 338 g/mol. The van der Waals surface area contributed by atoms with Crippen LogP contribution in [-0.2, 0) is 4.74 Å². The number of carbonyl (C=O) groups excluding carboxylic acids is 1. The lowest BCUT2D eigenvalue weighted by Gasteiger charge is -2.12. The predicted octanol–water partition coefficient (Wildman–Crippen LogP) is 3.52. The van der Waals surface area contributed by atoms with E-state index in [0.29, 0.717) is 18.2 Å². The van der Waals surface area contributed by atoms with Crippen molar-refractivity contribution in [3.8, 4) is 0 Å². The lowest BCUT2D eigenvalue weighted by molar-refractivity contribution is -0.384. The summed E-state index contributed by atoms with van der Waals surface area (Å²) in [4.78, 5) is 31.0. The maximum Gasteiger partial charge on any atom is 0.343 e. The zero-order valence-electron chi connectivity index (χ0n) is 14.7. The first-order valence-electron chi connectivity index (χ1n) is 8.34. The molecule has 0 radical (unpaired) electrons. The molecule has 2 aromatic rings. The number of nitrogens with one attached hydrogen (secondary N) is 2. The van der Waals surface area contributed by atoms with Gasteiger partial charge in [0.15, 0.2) is 5.82 Å². The first-order valence-corrected chi connectivity index (χ1v) is 8.34. The van der Waals surface area contributed by atoms with Gasteiger partial charge in [-0.05, 0) is 19.4 Å². The van der Waals surface area contributed by atoms with Gasteiger partial charge in [-0.3, -0.25) is 10.1 Å². The van der Waals surface area contributed by atoms with Crippen LogP contribution in [0.3, 0.4) is 0 Å². The number of ether oxygens (including phenoxy) is 1. The minimum absolute atomic E-state index is 0.0666. The summed E-state index contributed by atoms with van der Waals surface area (Å²) in [6.45, 7) is 4.69. The summed E-state index contributed by atoms with van der Waals surface area (Å²) in [5, 5.41) is 17.0. The highest BCUT2D eigenvalue weighted by Gasteiger charge is 2.17. The molecule has 1 aromatic carbocycles. The molecule has 0 aliphatic carbocycles. The molecule has 0 bridgehead atoms. The highest BCUT2D eigenvalue weighted by atomic mass is 16.6. The molecule has 0 saturated carbocycles. The number of unbranched alkanes of at least 4 members (excludes halogenated alkanes) is 1. The third-order valence-corrected chi connectivity index (χ3v) is 3.42. The summed E-state index contributed by atoms with van der Waals surface area (Å²) in [7, 11) is 0. The number of rotatable bonds is 9. The molecule has 0 fully saturated rings. The molecule has 9 heteroatoms. The van der Waals surface area contributed by atoms with Crippen molar-refractivity contribution in [1.29, 1.82) is 0 Å². The zero-order valence-corrected chi connectivity index (χ0v) is 14.7. The van der Waals surface area contributed by atoms with Crippen molar-refractivity contribution in [3.63, 3.8) is 0 Å². The van der Waals surface area contributed by atoms with Gasteiger partial charge in [-0.1, -0.05) is 19.4 Å². The molecule has 138 valence electrons. The van der Waals surface area contributed by atoms with Crippen LogP contribution in [0.2, 0.25) is 0 Å². The van der Waals surface area contributed by atoms with E-state index in [0.717, 1.165) is 12.8 Å². The monoisotopic (exact) mass is 359 g/mol. The van der Waals surface area contributed by atoms with E-state index in [9.17, 15) is 14.9 Å². The molecule has 0 unspecified atom stereocenters. The number of nitrogens with zero attached hydrogens (tertiary/aromatic N) is 3. The second-order valence-corrected chi connectivity index (χ2v) is 5.39. The molecule has 26 heavy (non-hydrogen) atoms. The Morgan fingerprint density at radius 2 is 2.15 bits per heavy atom. The van der Waals surface area contributed by atoms with E-state index < -0.39 is 10.9 Å². The molecule has 0 amide bonds. The van der Waals surface area contributed by atoms with E-state index in [-0.39, 0.29) is 23.7 Å². The average molecular weight is 359 g/mol. The van der Waals surface area contributed by atoms with Crippen LogP contribution in [0.25, 0.3) is 0 Å². The second kappa shape index (κ2) is 9.30. The summed E-state index contributed by atoms with van der Waals surface area (Å²) >= 11 is 0. The lowest BCUT2D eigenvalue weighted by atomic mass is 10.2. The van der Waals surface area contributed by atoms with Gasteiger partial charge in [-0.2, -0.15) is 4.98 Å². The largest absolute Gasteiger partial charge is 0.462 e. The highest BCUT2D eigenvalue weighted by Crippen LogP contribution is 2.23. The SMILES string of the molecule is CCCCNc1ncc(C(=O)OCC)c(Nc2cccc([N+](=O)[O-])c2)n1. The fourth-order valence-electron chi connectivity index (χ4n) is 2.13. The predicted molar refractivity (Wildman–Crippen MR) is 97.8 cm³/mol. The Kier molecular flexibility index (Phi) is 6.84. The van der Waals surface area contributed by atoms with Crippen molar-refractivity contribution in [1.82, 2.24) is 9.97 Å². The first-order chi connectivity index (χ1) is 12.5. The summed E-state index contributed by atoms with van der Waals surface area (Å²) in [6.07, 6.45) is 3.35. The van der Waals surface area contributed by atoms with Crippen LogP contribution in [0.4, 0.5) is 23.1 Å². The number of nitro groups is 1. The number of hydrogen-bond donors (Lipinski definition) is 2. The standard InChI is InChI=1S/C17H21N5O4/c1-3-5-9-18-17-19-11-14(16(23)26-4-2)15(21-17)20-12-7-6-8-13(10-12)22(24)25/h6-8,10-11H,3-5,9H2,1-2H3,(H2,18,19,20,21). The molecule has 2 N–H and O–H groups in total. The van der Waals surface area contributed by atoms with Gasteiger partial charge < -0.3 is 15.4 Å². The van der Waals surface area contributed by atoms with E-state index >= 15 is 0 Å². The topological polar surface area (TPSA) is 119 Å². The van der Waals surface area contributed by atoms with Gasteiger partial charge in [0.2, 0.25) is 5.95 Å². The number of non-ortho nitro benzene ring substituents is 1. The zero-order chi connectivity index (χ0) is 18.9. The van der Waals surface area contributed by atoms with Crippen molar-refractivity contribution in [3.05, 3.63) is 46.1 Å². The smallest absolute Gasteiger partial charge is 0.343 e. The number of hydrogen-bond acceptors (Lipinski definition) is 8. The average Bonchev–Trinajstić information content (AvgIpc) is 2.62. The fourth-order valence-corrected chi connectivity index (χ4v) is 2.13. The third-order valence-electron chi connectivity index (χ3n) is 3.42. The van der Waals surface area contributed by atoms with Gasteiger partial charge in [0.1, 0.15) is 5.56 Å². The minimum atomic E-state index is -0.569. The van der Waals surface area contributed by atoms with Crippen LogP contribution in [0.5, 0.6) is 0 Å². The molecule has 2 rings (SSSR count). The normalized spacial score (nSPS) is 10.2. The highest BCUT2D eigenvalue weighted by molar-refractivity contribution is 5.95. The van der Waals surface area contributed by atoms with E-state index in [1.165, 1.54) is 18.3 Å². The molecule has 0 saturated heterocycles. The quantitative estimate of drug-likeness (QED) is 0.302. The molecule has 1 aromatic heterocycles. The third kappa shape index (κ3) is 5.13. The molecule has 0 aliphatic rings. The Morgan fingerprint density at radius 1 is 1.35 bits per heavy atom. The van der Waals surface area contributed by atoms with Crippen molar-refractivity contribution < 1.29 is 14.5 Å². The molecular formula is C17H21N5O4. The van der Waals surface area contributed by atoms with Gasteiger partial charge in [0.05, 0.1) is 11.5 Å². The summed E-state index contributed by atoms with van der Waals surface area (Å²) in [5.74, 6) is 0.0120. The van der Waals surface area contributed by atoms with E-state index in [1.54, 1.807) is 19.1 Å². The Balaban J connectivity index is 2.32. The number of benzene rings is 1. The van der Waals surface area contributed by atoms with Gasteiger partial charge >= 0.3 is 5.97 Å². The minimum Gasteiger partial charge on any atom is -0.462 e. The van der Waals surface area contributed by atoms with E-state index in [4.69, 9.17) is 4.74 Å². The van der Waals surface area contributed by atoms with Gasteiger partial charge in [-0.25, -0.2) is 9.78 Å². The maximum absolute atomic E-state index is 12.1. The number of anilines is 3. The Morgan fingerprint density at radius 3 is 2.85 bits per heavy atom. The molecule has 1 heterocycles. The van der Waals surface area contributed by atoms with Crippen LogP contribution in [0.15, 0.2) is 30.5 Å². The summed E-state index contributed by atoms with van der Waals surface area (Å²) in [5.41, 5.74) is 0.519. The van der Waals surface area contributed by atoms with Crippen LogP contribution >= 0.6 is 0 Å². The van der Waals surface area contributed by atoms with Gasteiger partial charge in [0, 0.05) is 30.6 Å². The maximum atomic E-state index is 12.1. The number of carbonyl (C=O) groups is 1. The van der Waals surface area contributed by atoms with Crippen LogP contribution in [-0.4, -0.2) is 34.0 Å². The summed E-state index contributed by atoms with van der Waals surface area (Å²) in [6, 6.07) is 5.94. The van der Waals surface area contributed by atoms with E-state index in [1.807, 2.05) is 0 Å². The summed E-state index contributed by atoms with van der Waals surface area (Å²) < 4.78 is 5.02. The second-order valence-electron chi connectivity index (χ2n) is 5.39. The van der Waals surface area contributed by atoms with Gasteiger partial charge in [-0.15, -0.1) is 0 Å². The van der Waals surface area contributed by atoms with Crippen molar-refractivity contribution in [2.45, 2.75) is 26.7 Å². The Labute approximate surface area is 151 Å². The van der Waals surface area contributed by atoms with Crippen molar-refractivity contribution in [2.24, 2.45) is 0 Å². The van der Waals surface area contributed by atoms with E-state index in [2.05, 4.69) is 27.5 Å². The van der Waals surface area contributed by atoms with Crippen molar-refractivity contribution >= 4 is 29.1 Å².